The van der Waals surface area contributed by atoms with Crippen LogP contribution in [0.15, 0.2) is 30.3 Å². The van der Waals surface area contributed by atoms with E-state index in [2.05, 4.69) is 11.8 Å². The van der Waals surface area contributed by atoms with Crippen LogP contribution in [0.5, 0.6) is 0 Å². The van der Waals surface area contributed by atoms with Crippen LogP contribution < -0.4 is 0 Å². The summed E-state index contributed by atoms with van der Waals surface area (Å²) in [5.74, 6) is 5.65. The van der Waals surface area contributed by atoms with Crippen molar-refractivity contribution in [3.63, 3.8) is 0 Å². The summed E-state index contributed by atoms with van der Waals surface area (Å²) in [6, 6.07) is 9.21. The monoisotopic (exact) mass is 338 g/mol. The smallest absolute Gasteiger partial charge is 0.225 e. The van der Waals surface area contributed by atoms with E-state index in [1.807, 2.05) is 30.3 Å². The zero-order valence-corrected chi connectivity index (χ0v) is 13.3. The Kier molecular flexibility index (Phi) is 7.15. The predicted molar refractivity (Wildman–Crippen MR) is 83.6 cm³/mol. The normalized spacial score (nSPS) is 31.1. The molecule has 0 unspecified atom stereocenters. The van der Waals surface area contributed by atoms with Crippen LogP contribution in [0.4, 0.5) is 0 Å². The molecule has 1 saturated heterocycles. The number of hydrogen-bond acceptors (Lipinski definition) is 7. The summed E-state index contributed by atoms with van der Waals surface area (Å²) in [7, 11) is 0. The lowest BCUT2D eigenvalue weighted by atomic mass is 9.99. The second kappa shape index (κ2) is 9.11. The van der Waals surface area contributed by atoms with Crippen molar-refractivity contribution < 1.29 is 34.6 Å². The van der Waals surface area contributed by atoms with Crippen molar-refractivity contribution in [3.05, 3.63) is 35.9 Å². The Morgan fingerprint density at radius 2 is 1.83 bits per heavy atom. The third-order valence-electron chi connectivity index (χ3n) is 3.53. The highest BCUT2D eigenvalue weighted by molar-refractivity contribution is 5.34. The quantitative estimate of drug-likeness (QED) is 0.412. The summed E-state index contributed by atoms with van der Waals surface area (Å²) in [4.78, 5) is 0. The third kappa shape index (κ3) is 4.75. The highest BCUT2D eigenvalue weighted by Gasteiger charge is 2.44. The molecule has 1 aliphatic rings. The lowest BCUT2D eigenvalue weighted by molar-refractivity contribution is -0.327. The van der Waals surface area contributed by atoms with Crippen molar-refractivity contribution in [2.45, 2.75) is 43.9 Å². The van der Waals surface area contributed by atoms with E-state index >= 15 is 0 Å². The molecule has 0 spiro atoms. The fourth-order valence-electron chi connectivity index (χ4n) is 2.23. The molecular formula is C17H22O7. The van der Waals surface area contributed by atoms with Crippen molar-refractivity contribution in [1.82, 2.24) is 0 Å². The molecule has 24 heavy (non-hydrogen) atoms. The van der Waals surface area contributed by atoms with Crippen molar-refractivity contribution in [1.29, 1.82) is 0 Å². The summed E-state index contributed by atoms with van der Waals surface area (Å²) in [5, 5.41) is 38.7. The van der Waals surface area contributed by atoms with Gasteiger partial charge in [-0.1, -0.05) is 24.1 Å². The maximum Gasteiger partial charge on any atom is 0.225 e. The fraction of sp³-hybridized carbons (Fsp3) is 0.529. The molecule has 1 aromatic carbocycles. The summed E-state index contributed by atoms with van der Waals surface area (Å²) in [5.41, 5.74) is 0.764. The molecule has 4 N–H and O–H groups in total. The minimum atomic E-state index is -1.51. The van der Waals surface area contributed by atoms with Crippen molar-refractivity contribution >= 4 is 0 Å². The Bertz CT molecular complexity index is 551. The molecule has 7 nitrogen and oxygen atoms in total. The number of rotatable bonds is 5. The van der Waals surface area contributed by atoms with Crippen LogP contribution in [0.1, 0.15) is 12.5 Å². The number of aliphatic hydroxyl groups is 4. The van der Waals surface area contributed by atoms with E-state index in [1.165, 1.54) is 0 Å². The highest BCUT2D eigenvalue weighted by atomic mass is 16.8. The van der Waals surface area contributed by atoms with Gasteiger partial charge in [-0.25, -0.2) is 0 Å². The van der Waals surface area contributed by atoms with Gasteiger partial charge in [-0.05, 0) is 25.0 Å². The lowest BCUT2D eigenvalue weighted by Crippen LogP contribution is -2.59. The Morgan fingerprint density at radius 1 is 1.12 bits per heavy atom. The van der Waals surface area contributed by atoms with E-state index in [1.54, 1.807) is 6.92 Å². The third-order valence-corrected chi connectivity index (χ3v) is 3.53. The minimum Gasteiger partial charge on any atom is -0.394 e. The van der Waals surface area contributed by atoms with Crippen molar-refractivity contribution in [2.75, 3.05) is 13.2 Å². The molecule has 0 radical (unpaired) electrons. The largest absolute Gasteiger partial charge is 0.394 e. The first-order valence-electron chi connectivity index (χ1n) is 7.71. The molecule has 0 aliphatic carbocycles. The summed E-state index contributed by atoms with van der Waals surface area (Å²) in [6.07, 6.45) is -7.78. The van der Waals surface area contributed by atoms with Gasteiger partial charge in [-0.2, -0.15) is 0 Å². The molecule has 6 atom stereocenters. The second-order valence-electron chi connectivity index (χ2n) is 5.26. The molecule has 132 valence electrons. The van der Waals surface area contributed by atoms with Crippen LogP contribution in [0.25, 0.3) is 0 Å². The predicted octanol–water partition coefficient (Wildman–Crippen LogP) is -0.783. The van der Waals surface area contributed by atoms with Crippen LogP contribution >= 0.6 is 0 Å². The van der Waals surface area contributed by atoms with E-state index < -0.39 is 43.6 Å². The first-order valence-corrected chi connectivity index (χ1v) is 7.71. The second-order valence-corrected chi connectivity index (χ2v) is 5.26. The van der Waals surface area contributed by atoms with Crippen molar-refractivity contribution in [3.8, 4) is 11.8 Å². The van der Waals surface area contributed by atoms with Crippen LogP contribution in [-0.2, 0) is 14.2 Å². The number of benzene rings is 1. The van der Waals surface area contributed by atoms with Gasteiger partial charge in [0.1, 0.15) is 24.4 Å². The maximum absolute atomic E-state index is 9.98. The van der Waals surface area contributed by atoms with Gasteiger partial charge in [-0.15, -0.1) is 0 Å². The minimum absolute atomic E-state index is 0.311. The molecule has 1 heterocycles. The van der Waals surface area contributed by atoms with Gasteiger partial charge in [0.25, 0.3) is 0 Å². The molecule has 1 fully saturated rings. The Labute approximate surface area is 140 Å². The van der Waals surface area contributed by atoms with Gasteiger partial charge in [0.15, 0.2) is 6.29 Å². The maximum atomic E-state index is 9.98. The van der Waals surface area contributed by atoms with Gasteiger partial charge in [-0.3, -0.25) is 0 Å². The van der Waals surface area contributed by atoms with Gasteiger partial charge < -0.3 is 34.6 Å². The number of ether oxygens (including phenoxy) is 3. The first-order chi connectivity index (χ1) is 11.6. The van der Waals surface area contributed by atoms with E-state index in [-0.39, 0.29) is 0 Å². The average molecular weight is 338 g/mol. The molecule has 0 amide bonds. The molecule has 7 heteroatoms. The molecule has 2 rings (SSSR count). The van der Waals surface area contributed by atoms with E-state index in [4.69, 9.17) is 14.2 Å². The molecule has 1 aliphatic heterocycles. The van der Waals surface area contributed by atoms with Gasteiger partial charge >= 0.3 is 0 Å². The number of hydrogen-bond donors (Lipinski definition) is 4. The van der Waals surface area contributed by atoms with Gasteiger partial charge in [0.05, 0.1) is 6.61 Å². The first kappa shape index (κ1) is 18.8. The summed E-state index contributed by atoms with van der Waals surface area (Å²) in [6.45, 7) is 1.54. The zero-order chi connectivity index (χ0) is 17.5. The lowest BCUT2D eigenvalue weighted by Gasteiger charge is -2.40. The van der Waals surface area contributed by atoms with Gasteiger partial charge in [0.2, 0.25) is 6.29 Å². The van der Waals surface area contributed by atoms with Crippen LogP contribution in [-0.4, -0.2) is 70.6 Å². The summed E-state index contributed by atoms with van der Waals surface area (Å²) < 4.78 is 16.1. The average Bonchev–Trinajstić information content (AvgIpc) is 2.61. The molecule has 0 bridgehead atoms. The SMILES string of the molecule is CCO[C@@H](C#Cc1ccccc1)O[C@@H]1O[C@H](CO)[C@@H](O)[C@H](O)[C@H]1O. The summed E-state index contributed by atoms with van der Waals surface area (Å²) >= 11 is 0. The van der Waals surface area contributed by atoms with Crippen LogP contribution in [0, 0.1) is 11.8 Å². The Balaban J connectivity index is 2.08. The molecule has 0 saturated carbocycles. The van der Waals surface area contributed by atoms with E-state index in [0.29, 0.717) is 6.61 Å². The van der Waals surface area contributed by atoms with Crippen LogP contribution in [0.2, 0.25) is 0 Å². The molecule has 1 aromatic rings. The fourth-order valence-corrected chi connectivity index (χ4v) is 2.23. The zero-order valence-electron chi connectivity index (χ0n) is 13.3. The Morgan fingerprint density at radius 3 is 2.46 bits per heavy atom. The number of aliphatic hydroxyl groups excluding tert-OH is 4. The van der Waals surface area contributed by atoms with Crippen LogP contribution in [0.3, 0.4) is 0 Å². The standard InChI is InChI=1S/C17H22O7/c1-2-22-13(9-8-11-6-4-3-5-7-11)24-17-16(21)15(20)14(19)12(10-18)23-17/h3-7,12-21H,2,10H2,1H3/t12-,13-,14-,15+,16-,17+/m1/s1. The molecule has 0 aromatic heterocycles. The Hall–Kier alpha value is -1.50. The van der Waals surface area contributed by atoms with E-state index in [0.717, 1.165) is 5.56 Å². The van der Waals surface area contributed by atoms with Crippen molar-refractivity contribution in [2.24, 2.45) is 0 Å². The van der Waals surface area contributed by atoms with Gasteiger partial charge in [0, 0.05) is 12.2 Å². The topological polar surface area (TPSA) is 109 Å². The van der Waals surface area contributed by atoms with E-state index in [9.17, 15) is 20.4 Å². The molecular weight excluding hydrogens is 316 g/mol. The highest BCUT2D eigenvalue weighted by Crippen LogP contribution is 2.23.